The molecular formula is C37H37BN2O5. The van der Waals surface area contributed by atoms with Crippen molar-refractivity contribution < 1.29 is 23.6 Å². The van der Waals surface area contributed by atoms with Crippen LogP contribution in [0.2, 0.25) is 0 Å². The fourth-order valence-corrected chi connectivity index (χ4v) is 5.84. The molecule has 0 saturated carbocycles. The van der Waals surface area contributed by atoms with Crippen LogP contribution in [-0.4, -0.2) is 43.3 Å². The molecule has 0 unspecified atom stereocenters. The molecule has 0 radical (unpaired) electrons. The predicted octanol–water partition coefficient (Wildman–Crippen LogP) is 7.05. The molecule has 0 aromatic heterocycles. The van der Waals surface area contributed by atoms with Crippen molar-refractivity contribution >= 4 is 30.8 Å². The number of ketones is 1. The molecule has 1 aliphatic heterocycles. The van der Waals surface area contributed by atoms with Crippen LogP contribution in [0.1, 0.15) is 66.2 Å². The quantitative estimate of drug-likeness (QED) is 0.128. The van der Waals surface area contributed by atoms with Crippen LogP contribution >= 0.6 is 0 Å². The number of amides is 1. The first kappa shape index (κ1) is 30.4. The lowest BCUT2D eigenvalue weighted by Crippen LogP contribution is -2.41. The number of anilines is 1. The highest BCUT2D eigenvalue weighted by atomic mass is 16.7. The molecule has 7 nitrogen and oxygen atoms in total. The first-order valence-corrected chi connectivity index (χ1v) is 15.2. The van der Waals surface area contributed by atoms with Crippen LogP contribution in [0.4, 0.5) is 10.5 Å². The van der Waals surface area contributed by atoms with E-state index in [0.29, 0.717) is 22.3 Å². The highest BCUT2D eigenvalue weighted by Gasteiger charge is 2.52. The van der Waals surface area contributed by atoms with E-state index in [1.807, 2.05) is 82.3 Å². The zero-order valence-corrected chi connectivity index (χ0v) is 26.0. The largest absolute Gasteiger partial charge is 0.492 e. The Morgan fingerprint density at radius 3 is 2.04 bits per heavy atom. The Hall–Kier alpha value is -4.66. The van der Waals surface area contributed by atoms with Crippen molar-refractivity contribution in [3.63, 3.8) is 0 Å². The summed E-state index contributed by atoms with van der Waals surface area (Å²) in [5.41, 5.74) is 12.4. The Morgan fingerprint density at radius 1 is 0.844 bits per heavy atom. The third-order valence-electron chi connectivity index (χ3n) is 9.05. The first-order chi connectivity index (χ1) is 21.5. The van der Waals surface area contributed by atoms with Crippen molar-refractivity contribution in [1.82, 2.24) is 5.32 Å². The molecule has 0 bridgehead atoms. The Kier molecular flexibility index (Phi) is 8.12. The average Bonchev–Trinajstić information content (AvgIpc) is 3.47. The number of ether oxygens (including phenoxy) is 1. The van der Waals surface area contributed by atoms with E-state index in [2.05, 4.69) is 29.6 Å². The van der Waals surface area contributed by atoms with Gasteiger partial charge in [0, 0.05) is 29.3 Å². The molecular weight excluding hydrogens is 563 g/mol. The van der Waals surface area contributed by atoms with Gasteiger partial charge in [-0.25, -0.2) is 4.79 Å². The molecule has 4 aromatic carbocycles. The Bertz CT molecular complexity index is 1720. The van der Waals surface area contributed by atoms with Gasteiger partial charge in [0.2, 0.25) is 0 Å². The van der Waals surface area contributed by atoms with Crippen molar-refractivity contribution in [3.8, 4) is 11.1 Å². The number of carbonyl (C=O) groups excluding carboxylic acids is 2. The van der Waals surface area contributed by atoms with Crippen LogP contribution in [0, 0.1) is 0 Å². The van der Waals surface area contributed by atoms with Crippen molar-refractivity contribution in [2.24, 2.45) is 0 Å². The summed E-state index contributed by atoms with van der Waals surface area (Å²) in [6.45, 7) is 8.22. The third-order valence-corrected chi connectivity index (χ3v) is 9.05. The van der Waals surface area contributed by atoms with E-state index in [-0.39, 0.29) is 24.9 Å². The summed E-state index contributed by atoms with van der Waals surface area (Å²) in [6.07, 6.45) is 1.32. The minimum Gasteiger partial charge on any atom is -0.449 e. The lowest BCUT2D eigenvalue weighted by atomic mass is 9.77. The van der Waals surface area contributed by atoms with Crippen molar-refractivity contribution in [3.05, 3.63) is 130 Å². The van der Waals surface area contributed by atoms with Crippen molar-refractivity contribution in [2.45, 2.75) is 44.8 Å². The van der Waals surface area contributed by atoms with Gasteiger partial charge in [-0.2, -0.15) is 0 Å². The lowest BCUT2D eigenvalue weighted by molar-refractivity contribution is 0.00578. The second-order valence-corrected chi connectivity index (χ2v) is 12.5. The topological polar surface area (TPSA) is 99.9 Å². The molecule has 0 spiro atoms. The summed E-state index contributed by atoms with van der Waals surface area (Å²) in [7, 11) is -0.727. The minimum atomic E-state index is -0.727. The highest BCUT2D eigenvalue weighted by Crippen LogP contribution is 2.44. The molecule has 228 valence electrons. The van der Waals surface area contributed by atoms with Gasteiger partial charge in [0.1, 0.15) is 6.61 Å². The van der Waals surface area contributed by atoms with E-state index in [0.717, 1.165) is 16.7 Å². The molecule has 1 saturated heterocycles. The smallest absolute Gasteiger partial charge is 0.449 e. The summed E-state index contributed by atoms with van der Waals surface area (Å²) >= 11 is 0. The van der Waals surface area contributed by atoms with E-state index in [9.17, 15) is 9.59 Å². The number of fused-ring (bicyclic) bond motifs is 3. The zero-order chi connectivity index (χ0) is 31.8. The number of hydrogen-bond donors (Lipinski definition) is 2. The van der Waals surface area contributed by atoms with Gasteiger partial charge in [-0.15, -0.1) is 0 Å². The maximum atomic E-state index is 13.3. The number of rotatable bonds is 8. The summed E-state index contributed by atoms with van der Waals surface area (Å²) in [5.74, 6) is -0.214. The average molecular weight is 601 g/mol. The minimum absolute atomic E-state index is 0.0448. The van der Waals surface area contributed by atoms with Gasteiger partial charge in [0.25, 0.3) is 0 Å². The second-order valence-electron chi connectivity index (χ2n) is 12.5. The van der Waals surface area contributed by atoms with Crippen LogP contribution < -0.4 is 11.1 Å². The second kappa shape index (κ2) is 12.0. The van der Waals surface area contributed by atoms with Gasteiger partial charge < -0.3 is 25.1 Å². The summed E-state index contributed by atoms with van der Waals surface area (Å²) in [5, 5.41) is 2.90. The summed E-state index contributed by atoms with van der Waals surface area (Å²) < 4.78 is 18.5. The third kappa shape index (κ3) is 6.04. The molecule has 3 N–H and O–H groups in total. The van der Waals surface area contributed by atoms with E-state index in [4.69, 9.17) is 19.8 Å². The number of nitrogens with one attached hydrogen (secondary N) is 1. The van der Waals surface area contributed by atoms with Crippen molar-refractivity contribution in [2.75, 3.05) is 18.9 Å². The Balaban J connectivity index is 1.22. The Labute approximate surface area is 264 Å². The molecule has 6 rings (SSSR count). The van der Waals surface area contributed by atoms with Crippen LogP contribution in [-0.2, 0) is 14.0 Å². The monoisotopic (exact) mass is 600 g/mol. The van der Waals surface area contributed by atoms with Crippen LogP contribution in [0.3, 0.4) is 0 Å². The van der Waals surface area contributed by atoms with Crippen molar-refractivity contribution in [1.29, 1.82) is 0 Å². The number of nitrogen functional groups attached to an aromatic ring is 1. The van der Waals surface area contributed by atoms with Gasteiger partial charge in [-0.1, -0.05) is 91.0 Å². The van der Waals surface area contributed by atoms with Gasteiger partial charge in [0.15, 0.2) is 5.78 Å². The van der Waals surface area contributed by atoms with Gasteiger partial charge in [0.05, 0.1) is 11.2 Å². The van der Waals surface area contributed by atoms with E-state index >= 15 is 0 Å². The van der Waals surface area contributed by atoms with Crippen LogP contribution in [0.15, 0.2) is 103 Å². The number of nitrogens with two attached hydrogens (primary N) is 1. The molecule has 8 heteroatoms. The van der Waals surface area contributed by atoms with E-state index in [1.54, 1.807) is 24.3 Å². The van der Waals surface area contributed by atoms with Crippen LogP contribution in [0.5, 0.6) is 0 Å². The van der Waals surface area contributed by atoms with Gasteiger partial charge >= 0.3 is 13.2 Å². The molecule has 1 fully saturated rings. The number of hydrogen-bond acceptors (Lipinski definition) is 6. The van der Waals surface area contributed by atoms with E-state index < -0.39 is 24.4 Å². The normalized spacial score (nSPS) is 16.6. The van der Waals surface area contributed by atoms with Gasteiger partial charge in [-0.3, -0.25) is 4.79 Å². The fourth-order valence-electron chi connectivity index (χ4n) is 5.84. The highest BCUT2D eigenvalue weighted by molar-refractivity contribution is 6.56. The molecule has 0 atom stereocenters. The molecule has 1 heterocycles. The molecule has 2 aliphatic rings. The molecule has 1 aliphatic carbocycles. The van der Waals surface area contributed by atoms with Crippen LogP contribution in [0.25, 0.3) is 17.2 Å². The zero-order valence-electron chi connectivity index (χ0n) is 26.0. The molecule has 4 aromatic rings. The SMILES string of the molecule is CC1(C)OB(C(=Cc2ccc(N)c(C(=O)c3ccccc3)c2)CNC(=O)OCC2c3ccccc3-c3ccccc32)OC1(C)C. The first-order valence-electron chi connectivity index (χ1n) is 15.2. The standard InChI is InChI=1S/C37H37BN2O5/c1-36(2)37(3,4)45-38(44-36)26(20-24-18-19-33(39)31(21-24)34(41)25-12-6-5-7-13-25)22-40-35(42)43-23-32-29-16-10-8-14-27(29)28-15-9-11-17-30(28)32/h5-21,32H,22-23,39H2,1-4H3,(H,40,42). The maximum Gasteiger partial charge on any atom is 0.492 e. The summed E-state index contributed by atoms with van der Waals surface area (Å²) in [6, 6.07) is 30.8. The Morgan fingerprint density at radius 2 is 1.42 bits per heavy atom. The number of benzene rings is 4. The number of alkyl carbamates (subject to hydrolysis) is 1. The molecule has 45 heavy (non-hydrogen) atoms. The predicted molar refractivity (Wildman–Crippen MR) is 178 cm³/mol. The lowest BCUT2D eigenvalue weighted by Gasteiger charge is -2.32. The fraction of sp³-hybridized carbons (Fsp3) is 0.243. The van der Waals surface area contributed by atoms with Gasteiger partial charge in [-0.05, 0) is 73.1 Å². The summed E-state index contributed by atoms with van der Waals surface area (Å²) in [4.78, 5) is 26.3. The van der Waals surface area contributed by atoms with E-state index in [1.165, 1.54) is 11.1 Å². The maximum absolute atomic E-state index is 13.3. The molecule has 1 amide bonds. The number of carbonyl (C=O) groups is 2.